The molecule has 5 rings (SSSR count). The number of carbonyl (C=O) groups is 2. The molecule has 7 heteroatoms. The summed E-state index contributed by atoms with van der Waals surface area (Å²) < 4.78 is 33.5. The number of fused-ring (bicyclic) bond motifs is 4. The average Bonchev–Trinajstić information content (AvgIpc) is 3.14. The molecule has 2 fully saturated rings. The number of ether oxygens (including phenoxy) is 1. The van der Waals surface area contributed by atoms with Gasteiger partial charge < -0.3 is 9.84 Å². The SMILES string of the molecule is O=C(O)[C@@H]1CC[C@H]2[C@@H](N1C(=O)OCC1c3ccccc3-c3ccccc31)C2(F)F. The molecular formula is C22H19F2NO4. The van der Waals surface area contributed by atoms with Crippen LogP contribution in [0.25, 0.3) is 11.1 Å². The van der Waals surface area contributed by atoms with Crippen molar-refractivity contribution >= 4 is 12.1 Å². The van der Waals surface area contributed by atoms with E-state index in [-0.39, 0.29) is 25.4 Å². The monoisotopic (exact) mass is 399 g/mol. The fourth-order valence-corrected chi connectivity index (χ4v) is 4.92. The highest BCUT2D eigenvalue weighted by molar-refractivity contribution is 5.82. The van der Waals surface area contributed by atoms with Crippen molar-refractivity contribution in [3.05, 3.63) is 59.7 Å². The van der Waals surface area contributed by atoms with E-state index in [9.17, 15) is 23.5 Å². The van der Waals surface area contributed by atoms with Gasteiger partial charge in [0.25, 0.3) is 5.92 Å². The molecule has 2 aromatic rings. The van der Waals surface area contributed by atoms with Crippen LogP contribution in [0.4, 0.5) is 13.6 Å². The van der Waals surface area contributed by atoms with Crippen LogP contribution in [0.15, 0.2) is 48.5 Å². The highest BCUT2D eigenvalue weighted by Crippen LogP contribution is 2.58. The fourth-order valence-electron chi connectivity index (χ4n) is 4.92. The predicted octanol–water partition coefficient (Wildman–Crippen LogP) is 4.12. The van der Waals surface area contributed by atoms with E-state index in [0.29, 0.717) is 0 Å². The van der Waals surface area contributed by atoms with Crippen LogP contribution in [0, 0.1) is 5.92 Å². The first-order valence-electron chi connectivity index (χ1n) is 9.65. The van der Waals surface area contributed by atoms with Crippen molar-refractivity contribution in [1.29, 1.82) is 0 Å². The van der Waals surface area contributed by atoms with Gasteiger partial charge in [0.15, 0.2) is 0 Å². The van der Waals surface area contributed by atoms with Crippen LogP contribution in [-0.4, -0.2) is 46.7 Å². The lowest BCUT2D eigenvalue weighted by Crippen LogP contribution is -2.50. The number of carbonyl (C=O) groups excluding carboxylic acids is 1. The molecule has 29 heavy (non-hydrogen) atoms. The average molecular weight is 399 g/mol. The molecule has 0 radical (unpaired) electrons. The maximum absolute atomic E-state index is 14.0. The van der Waals surface area contributed by atoms with Crippen LogP contribution in [0.1, 0.15) is 29.9 Å². The molecule has 5 nitrogen and oxygen atoms in total. The Morgan fingerprint density at radius 2 is 1.62 bits per heavy atom. The van der Waals surface area contributed by atoms with E-state index in [0.717, 1.165) is 27.2 Å². The summed E-state index contributed by atoms with van der Waals surface area (Å²) in [7, 11) is 0. The normalized spacial score (nSPS) is 26.3. The molecule has 0 bridgehead atoms. The molecule has 1 saturated carbocycles. The molecule has 1 heterocycles. The van der Waals surface area contributed by atoms with Crippen molar-refractivity contribution in [3.63, 3.8) is 0 Å². The summed E-state index contributed by atoms with van der Waals surface area (Å²) in [6, 6.07) is 12.9. The Hall–Kier alpha value is -2.96. The van der Waals surface area contributed by atoms with Crippen molar-refractivity contribution in [2.75, 3.05) is 6.61 Å². The second-order valence-corrected chi connectivity index (χ2v) is 7.87. The number of carboxylic acids is 1. The lowest BCUT2D eigenvalue weighted by Gasteiger charge is -2.31. The molecule has 1 amide bonds. The van der Waals surface area contributed by atoms with Crippen molar-refractivity contribution in [2.24, 2.45) is 5.92 Å². The first-order chi connectivity index (χ1) is 13.9. The van der Waals surface area contributed by atoms with Gasteiger partial charge in [-0.05, 0) is 35.1 Å². The minimum Gasteiger partial charge on any atom is -0.480 e. The van der Waals surface area contributed by atoms with E-state index in [1.165, 1.54) is 0 Å². The van der Waals surface area contributed by atoms with Crippen molar-refractivity contribution < 1.29 is 28.2 Å². The first-order valence-corrected chi connectivity index (χ1v) is 9.65. The maximum Gasteiger partial charge on any atom is 0.411 e. The van der Waals surface area contributed by atoms with Gasteiger partial charge in [-0.2, -0.15) is 0 Å². The number of hydrogen-bond acceptors (Lipinski definition) is 3. The van der Waals surface area contributed by atoms with E-state index in [1.807, 2.05) is 48.5 Å². The third-order valence-electron chi connectivity index (χ3n) is 6.38. The zero-order chi connectivity index (χ0) is 20.3. The Morgan fingerprint density at radius 3 is 2.21 bits per heavy atom. The summed E-state index contributed by atoms with van der Waals surface area (Å²) in [5.74, 6) is -5.51. The smallest absolute Gasteiger partial charge is 0.411 e. The van der Waals surface area contributed by atoms with Crippen molar-refractivity contribution in [3.8, 4) is 11.1 Å². The summed E-state index contributed by atoms with van der Waals surface area (Å²) >= 11 is 0. The molecular weight excluding hydrogens is 380 g/mol. The third kappa shape index (κ3) is 2.63. The molecule has 2 aliphatic carbocycles. The van der Waals surface area contributed by atoms with Gasteiger partial charge in [0.05, 0.1) is 5.92 Å². The van der Waals surface area contributed by atoms with E-state index >= 15 is 0 Å². The van der Waals surface area contributed by atoms with E-state index in [1.54, 1.807) is 0 Å². The van der Waals surface area contributed by atoms with Gasteiger partial charge in [0.1, 0.15) is 18.7 Å². The molecule has 150 valence electrons. The number of halogens is 2. The molecule has 1 N–H and O–H groups in total. The largest absolute Gasteiger partial charge is 0.480 e. The van der Waals surface area contributed by atoms with Crippen LogP contribution in [-0.2, 0) is 9.53 Å². The Morgan fingerprint density at radius 1 is 1.03 bits per heavy atom. The number of rotatable bonds is 3. The van der Waals surface area contributed by atoms with Crippen molar-refractivity contribution in [1.82, 2.24) is 4.90 Å². The molecule has 0 unspecified atom stereocenters. The molecule has 0 aromatic heterocycles. The van der Waals surface area contributed by atoms with Crippen LogP contribution in [0.5, 0.6) is 0 Å². The second kappa shape index (κ2) is 6.27. The van der Waals surface area contributed by atoms with Crippen LogP contribution >= 0.6 is 0 Å². The summed E-state index contributed by atoms with van der Waals surface area (Å²) in [6.45, 7) is -0.0291. The number of carboxylic acid groups (broad SMARTS) is 1. The summed E-state index contributed by atoms with van der Waals surface area (Å²) in [5, 5.41) is 9.41. The fraction of sp³-hybridized carbons (Fsp3) is 0.364. The number of likely N-dealkylation sites (tertiary alicyclic amines) is 1. The second-order valence-electron chi connectivity index (χ2n) is 7.87. The molecule has 1 aliphatic heterocycles. The molecule has 3 aliphatic rings. The van der Waals surface area contributed by atoms with Crippen LogP contribution in [0.2, 0.25) is 0 Å². The standard InChI is InChI=1S/C22H19F2NO4/c23-22(24)17-9-10-18(20(26)27)25(19(17)22)21(28)29-11-16-14-7-3-1-5-12(14)13-6-2-4-8-15(13)16/h1-8,16-19H,9-11H2,(H,26,27)/t17-,18-,19+/m0/s1. The highest BCUT2D eigenvalue weighted by atomic mass is 19.3. The van der Waals surface area contributed by atoms with Gasteiger partial charge >= 0.3 is 12.1 Å². The number of hydrogen-bond donors (Lipinski definition) is 1. The quantitative estimate of drug-likeness (QED) is 0.843. The number of amides is 1. The van der Waals surface area contributed by atoms with Gasteiger partial charge in [-0.1, -0.05) is 48.5 Å². The summed E-state index contributed by atoms with van der Waals surface area (Å²) in [5.41, 5.74) is 4.12. The number of nitrogens with zero attached hydrogens (tertiary/aromatic N) is 1. The molecule has 2 aromatic carbocycles. The Kier molecular flexibility index (Phi) is 3.91. The predicted molar refractivity (Wildman–Crippen MR) is 99.8 cm³/mol. The lowest BCUT2D eigenvalue weighted by atomic mass is 9.98. The lowest BCUT2D eigenvalue weighted by molar-refractivity contribution is -0.144. The maximum atomic E-state index is 14.0. The summed E-state index contributed by atoms with van der Waals surface area (Å²) in [4.78, 5) is 25.0. The Bertz CT molecular complexity index is 962. The molecule has 1 saturated heterocycles. The van der Waals surface area contributed by atoms with Gasteiger partial charge in [0.2, 0.25) is 0 Å². The minimum atomic E-state index is -3.05. The third-order valence-corrected chi connectivity index (χ3v) is 6.38. The Labute approximate surface area is 165 Å². The van der Waals surface area contributed by atoms with E-state index in [4.69, 9.17) is 4.74 Å². The molecule has 0 spiro atoms. The first kappa shape index (κ1) is 18.1. The van der Waals surface area contributed by atoms with Crippen LogP contribution < -0.4 is 0 Å². The zero-order valence-corrected chi connectivity index (χ0v) is 15.4. The van der Waals surface area contributed by atoms with E-state index < -0.39 is 36.0 Å². The van der Waals surface area contributed by atoms with Crippen LogP contribution in [0.3, 0.4) is 0 Å². The van der Waals surface area contributed by atoms with Gasteiger partial charge in [0, 0.05) is 5.92 Å². The molecule has 3 atom stereocenters. The number of alkyl halides is 2. The van der Waals surface area contributed by atoms with E-state index in [2.05, 4.69) is 0 Å². The number of piperidine rings is 1. The zero-order valence-electron chi connectivity index (χ0n) is 15.4. The highest BCUT2D eigenvalue weighted by Gasteiger charge is 2.74. The van der Waals surface area contributed by atoms with Gasteiger partial charge in [-0.3, -0.25) is 4.90 Å². The van der Waals surface area contributed by atoms with Gasteiger partial charge in [-0.25, -0.2) is 18.4 Å². The minimum absolute atomic E-state index is 0.0102. The van der Waals surface area contributed by atoms with Gasteiger partial charge in [-0.15, -0.1) is 0 Å². The topological polar surface area (TPSA) is 66.8 Å². The summed E-state index contributed by atoms with van der Waals surface area (Å²) in [6.07, 6.45) is -0.871. The number of benzene rings is 2. The number of aliphatic carboxylic acids is 1. The Balaban J connectivity index is 1.39. The van der Waals surface area contributed by atoms with Crippen molar-refractivity contribution in [2.45, 2.75) is 36.8 Å².